The topological polar surface area (TPSA) is 35.2 Å². The van der Waals surface area contributed by atoms with Crippen molar-refractivity contribution in [3.8, 4) is 5.75 Å². The second kappa shape index (κ2) is 4.27. The molecule has 18 heavy (non-hydrogen) atoms. The standard InChI is InChI=1S/C16H25NO/c1-11-10-14(18-5)12(2)9-13(11)16(17)8-6-7-15(16,3)4/h9-10H,6-8,17H2,1-5H3. The van der Waals surface area contributed by atoms with Crippen LogP contribution in [-0.4, -0.2) is 7.11 Å². The van der Waals surface area contributed by atoms with Gasteiger partial charge in [-0.1, -0.05) is 26.3 Å². The molecule has 1 fully saturated rings. The lowest BCUT2D eigenvalue weighted by molar-refractivity contribution is 0.209. The van der Waals surface area contributed by atoms with Crippen LogP contribution in [0.15, 0.2) is 12.1 Å². The smallest absolute Gasteiger partial charge is 0.122 e. The van der Waals surface area contributed by atoms with Crippen LogP contribution in [0.1, 0.15) is 49.8 Å². The minimum absolute atomic E-state index is 0.165. The molecule has 1 aliphatic rings. The van der Waals surface area contributed by atoms with Crippen LogP contribution in [0.4, 0.5) is 0 Å². The summed E-state index contributed by atoms with van der Waals surface area (Å²) < 4.78 is 5.39. The molecule has 0 amide bonds. The Morgan fingerprint density at radius 1 is 1.11 bits per heavy atom. The van der Waals surface area contributed by atoms with Gasteiger partial charge in [0, 0.05) is 5.54 Å². The number of nitrogens with two attached hydrogens (primary N) is 1. The molecule has 2 N–H and O–H groups in total. The lowest BCUT2D eigenvalue weighted by Gasteiger charge is -2.40. The van der Waals surface area contributed by atoms with E-state index in [0.29, 0.717) is 0 Å². The van der Waals surface area contributed by atoms with Crippen molar-refractivity contribution in [1.29, 1.82) is 0 Å². The highest BCUT2D eigenvalue weighted by atomic mass is 16.5. The minimum atomic E-state index is -0.200. The van der Waals surface area contributed by atoms with Gasteiger partial charge >= 0.3 is 0 Å². The van der Waals surface area contributed by atoms with E-state index in [9.17, 15) is 0 Å². The van der Waals surface area contributed by atoms with E-state index in [0.717, 1.165) is 12.2 Å². The third-order valence-corrected chi connectivity index (χ3v) is 4.80. The number of hydrogen-bond donors (Lipinski definition) is 1. The fraction of sp³-hybridized carbons (Fsp3) is 0.625. The molecule has 0 heterocycles. The SMILES string of the molecule is COc1cc(C)c(C2(N)CCCC2(C)C)cc1C. The van der Waals surface area contributed by atoms with Crippen LogP contribution in [-0.2, 0) is 5.54 Å². The van der Waals surface area contributed by atoms with Crippen LogP contribution in [0, 0.1) is 19.3 Å². The minimum Gasteiger partial charge on any atom is -0.496 e. The van der Waals surface area contributed by atoms with Gasteiger partial charge in [0.05, 0.1) is 7.11 Å². The molecule has 1 atom stereocenters. The van der Waals surface area contributed by atoms with Crippen LogP contribution in [0.25, 0.3) is 0 Å². The fourth-order valence-electron chi connectivity index (χ4n) is 3.36. The lowest BCUT2D eigenvalue weighted by Crippen LogP contribution is -2.46. The molecule has 0 radical (unpaired) electrons. The first-order valence-electron chi connectivity index (χ1n) is 6.76. The molecule has 2 nitrogen and oxygen atoms in total. The highest BCUT2D eigenvalue weighted by Gasteiger charge is 2.47. The first kappa shape index (κ1) is 13.4. The first-order valence-corrected chi connectivity index (χ1v) is 6.76. The van der Waals surface area contributed by atoms with Crippen LogP contribution in [0.5, 0.6) is 5.75 Å². The molecule has 0 aromatic heterocycles. The van der Waals surface area contributed by atoms with Gasteiger partial charge in [-0.3, -0.25) is 0 Å². The number of rotatable bonds is 2. The maximum absolute atomic E-state index is 6.78. The van der Waals surface area contributed by atoms with E-state index in [-0.39, 0.29) is 11.0 Å². The molecule has 2 rings (SSSR count). The predicted octanol–water partition coefficient (Wildman–Crippen LogP) is 3.68. The Balaban J connectivity index is 2.55. The van der Waals surface area contributed by atoms with Gasteiger partial charge in [0.15, 0.2) is 0 Å². The second-order valence-electron chi connectivity index (χ2n) is 6.35. The number of aryl methyl sites for hydroxylation is 2. The third-order valence-electron chi connectivity index (χ3n) is 4.80. The Bertz CT molecular complexity index is 464. The molecule has 1 unspecified atom stereocenters. The van der Waals surface area contributed by atoms with Gasteiger partial charge in [-0.15, -0.1) is 0 Å². The number of ether oxygens (including phenoxy) is 1. The van der Waals surface area contributed by atoms with Gasteiger partial charge in [0.1, 0.15) is 5.75 Å². The molecule has 100 valence electrons. The van der Waals surface area contributed by atoms with Gasteiger partial charge in [0.2, 0.25) is 0 Å². The van der Waals surface area contributed by atoms with Crippen LogP contribution < -0.4 is 10.5 Å². The highest BCUT2D eigenvalue weighted by Crippen LogP contribution is 2.51. The molecule has 0 aliphatic heterocycles. The summed E-state index contributed by atoms with van der Waals surface area (Å²) in [4.78, 5) is 0. The molecule has 0 saturated heterocycles. The van der Waals surface area contributed by atoms with E-state index in [1.54, 1.807) is 7.11 Å². The lowest BCUT2D eigenvalue weighted by atomic mass is 9.70. The van der Waals surface area contributed by atoms with E-state index in [1.165, 1.54) is 29.5 Å². The van der Waals surface area contributed by atoms with Crippen molar-refractivity contribution in [2.75, 3.05) is 7.11 Å². The maximum Gasteiger partial charge on any atom is 0.122 e. The fourth-order valence-corrected chi connectivity index (χ4v) is 3.36. The molecule has 0 spiro atoms. The molecule has 1 aromatic rings. The van der Waals surface area contributed by atoms with Crippen molar-refractivity contribution >= 4 is 0 Å². The van der Waals surface area contributed by atoms with Gasteiger partial charge in [0.25, 0.3) is 0 Å². The zero-order valence-electron chi connectivity index (χ0n) is 12.3. The normalized spacial score (nSPS) is 26.3. The number of hydrogen-bond acceptors (Lipinski definition) is 2. The summed E-state index contributed by atoms with van der Waals surface area (Å²) in [5.74, 6) is 0.954. The van der Waals surface area contributed by atoms with Gasteiger partial charge < -0.3 is 10.5 Å². The van der Waals surface area contributed by atoms with Crippen molar-refractivity contribution in [2.24, 2.45) is 11.1 Å². The Kier molecular flexibility index (Phi) is 3.18. The zero-order chi connectivity index (χ0) is 13.6. The second-order valence-corrected chi connectivity index (χ2v) is 6.35. The highest BCUT2D eigenvalue weighted by molar-refractivity contribution is 5.45. The average Bonchev–Trinajstić information content (AvgIpc) is 2.57. The first-order chi connectivity index (χ1) is 8.32. The van der Waals surface area contributed by atoms with E-state index >= 15 is 0 Å². The van der Waals surface area contributed by atoms with Crippen LogP contribution >= 0.6 is 0 Å². The largest absolute Gasteiger partial charge is 0.496 e. The zero-order valence-corrected chi connectivity index (χ0v) is 12.3. The van der Waals surface area contributed by atoms with Crippen molar-refractivity contribution in [3.05, 3.63) is 28.8 Å². The average molecular weight is 247 g/mol. The summed E-state index contributed by atoms with van der Waals surface area (Å²) in [6.07, 6.45) is 3.49. The molecular formula is C16H25NO. The maximum atomic E-state index is 6.78. The monoisotopic (exact) mass is 247 g/mol. The van der Waals surface area contributed by atoms with E-state index < -0.39 is 0 Å². The summed E-state index contributed by atoms with van der Waals surface area (Å²) in [5, 5.41) is 0. The summed E-state index contributed by atoms with van der Waals surface area (Å²) in [6, 6.07) is 4.34. The van der Waals surface area contributed by atoms with Crippen LogP contribution in [0.3, 0.4) is 0 Å². The van der Waals surface area contributed by atoms with Crippen LogP contribution in [0.2, 0.25) is 0 Å². The summed E-state index contributed by atoms with van der Waals surface area (Å²) >= 11 is 0. The predicted molar refractivity (Wildman–Crippen MR) is 76.0 cm³/mol. The van der Waals surface area contributed by atoms with Crippen molar-refractivity contribution in [1.82, 2.24) is 0 Å². The van der Waals surface area contributed by atoms with Gasteiger partial charge in [-0.25, -0.2) is 0 Å². The number of methoxy groups -OCH3 is 1. The van der Waals surface area contributed by atoms with E-state index in [1.807, 2.05) is 0 Å². The summed E-state index contributed by atoms with van der Waals surface area (Å²) in [7, 11) is 1.72. The van der Waals surface area contributed by atoms with Crippen molar-refractivity contribution < 1.29 is 4.74 Å². The van der Waals surface area contributed by atoms with Crippen molar-refractivity contribution in [3.63, 3.8) is 0 Å². The van der Waals surface area contributed by atoms with Crippen molar-refractivity contribution in [2.45, 2.75) is 52.5 Å². The molecule has 1 aliphatic carbocycles. The Hall–Kier alpha value is -1.02. The Morgan fingerprint density at radius 2 is 1.78 bits per heavy atom. The molecule has 0 bridgehead atoms. The quantitative estimate of drug-likeness (QED) is 0.865. The molecular weight excluding hydrogens is 222 g/mol. The van der Waals surface area contributed by atoms with Gasteiger partial charge in [-0.2, -0.15) is 0 Å². The third kappa shape index (κ3) is 1.83. The van der Waals surface area contributed by atoms with E-state index in [4.69, 9.17) is 10.5 Å². The summed E-state index contributed by atoms with van der Waals surface area (Å²) in [5.41, 5.74) is 10.5. The number of benzene rings is 1. The van der Waals surface area contributed by atoms with Gasteiger partial charge in [-0.05, 0) is 54.9 Å². The van der Waals surface area contributed by atoms with E-state index in [2.05, 4.69) is 39.8 Å². The molecule has 2 heteroatoms. The Morgan fingerprint density at radius 3 is 2.28 bits per heavy atom. The summed E-state index contributed by atoms with van der Waals surface area (Å²) in [6.45, 7) is 8.81. The molecule has 1 saturated carbocycles. The molecule has 1 aromatic carbocycles. The Labute approximate surface area is 111 Å².